The van der Waals surface area contributed by atoms with Crippen molar-refractivity contribution in [3.63, 3.8) is 0 Å². The van der Waals surface area contributed by atoms with Crippen LogP contribution in [0.15, 0.2) is 30.3 Å². The Hall–Kier alpha value is -1.84. The Balaban J connectivity index is 2.28. The maximum Gasteiger partial charge on any atom is 0.319 e. The molecule has 0 atom stereocenters. The lowest BCUT2D eigenvalue weighted by Crippen LogP contribution is -2.30. The fraction of sp³-hybridized carbons (Fsp3) is 0.273. The molecule has 1 aromatic carbocycles. The number of carbonyl (C=O) groups is 2. The second-order valence-corrected chi connectivity index (χ2v) is 3.20. The monoisotopic (exact) mass is 206 g/mol. The van der Waals surface area contributed by atoms with Crippen LogP contribution < -0.4 is 10.6 Å². The number of hydrogen-bond acceptors (Lipinski definition) is 2. The van der Waals surface area contributed by atoms with Gasteiger partial charge in [-0.2, -0.15) is 0 Å². The van der Waals surface area contributed by atoms with Crippen LogP contribution >= 0.6 is 0 Å². The van der Waals surface area contributed by atoms with Gasteiger partial charge in [-0.1, -0.05) is 18.2 Å². The number of hydrogen-bond donors (Lipinski definition) is 2. The lowest BCUT2D eigenvalue weighted by atomic mass is 10.3. The number of nitrogens with one attached hydrogen (secondary N) is 2. The van der Waals surface area contributed by atoms with E-state index in [2.05, 4.69) is 10.6 Å². The van der Waals surface area contributed by atoms with Gasteiger partial charge in [-0.15, -0.1) is 0 Å². The smallest absolute Gasteiger partial charge is 0.319 e. The van der Waals surface area contributed by atoms with Gasteiger partial charge in [0.1, 0.15) is 5.78 Å². The molecule has 0 aliphatic rings. The molecule has 0 aromatic heterocycles. The molecule has 15 heavy (non-hydrogen) atoms. The molecule has 1 aromatic rings. The van der Waals surface area contributed by atoms with Crippen molar-refractivity contribution < 1.29 is 9.59 Å². The SMILES string of the molecule is CC(=O)CCNC(=O)Nc1ccccc1. The highest BCUT2D eigenvalue weighted by Crippen LogP contribution is 2.03. The van der Waals surface area contributed by atoms with E-state index in [0.29, 0.717) is 13.0 Å². The number of rotatable bonds is 4. The van der Waals surface area contributed by atoms with Crippen LogP contribution in [0.4, 0.5) is 10.5 Å². The Kier molecular flexibility index (Phi) is 4.34. The Morgan fingerprint density at radius 2 is 1.87 bits per heavy atom. The van der Waals surface area contributed by atoms with Crippen molar-refractivity contribution in [1.29, 1.82) is 0 Å². The summed E-state index contributed by atoms with van der Waals surface area (Å²) in [5.41, 5.74) is 0.734. The average molecular weight is 206 g/mol. The predicted octanol–water partition coefficient (Wildman–Crippen LogP) is 1.79. The van der Waals surface area contributed by atoms with Crippen molar-refractivity contribution in [2.24, 2.45) is 0 Å². The molecule has 2 N–H and O–H groups in total. The zero-order valence-corrected chi connectivity index (χ0v) is 8.62. The van der Waals surface area contributed by atoms with E-state index in [1.165, 1.54) is 6.92 Å². The third kappa shape index (κ3) is 4.81. The average Bonchev–Trinajstić information content (AvgIpc) is 2.18. The van der Waals surface area contributed by atoms with Crippen molar-refractivity contribution in [2.75, 3.05) is 11.9 Å². The zero-order chi connectivity index (χ0) is 11.1. The number of para-hydroxylation sites is 1. The molecule has 0 aliphatic heterocycles. The first-order valence-electron chi connectivity index (χ1n) is 4.78. The van der Waals surface area contributed by atoms with Gasteiger partial charge in [0.15, 0.2) is 0 Å². The first-order valence-corrected chi connectivity index (χ1v) is 4.78. The highest BCUT2D eigenvalue weighted by atomic mass is 16.2. The first-order chi connectivity index (χ1) is 7.18. The fourth-order valence-electron chi connectivity index (χ4n) is 1.05. The topological polar surface area (TPSA) is 58.2 Å². The van der Waals surface area contributed by atoms with Crippen LogP contribution in [0.2, 0.25) is 0 Å². The van der Waals surface area contributed by atoms with Gasteiger partial charge in [-0.3, -0.25) is 4.79 Å². The van der Waals surface area contributed by atoms with Gasteiger partial charge < -0.3 is 10.6 Å². The molecule has 0 saturated heterocycles. The van der Waals surface area contributed by atoms with E-state index in [1.807, 2.05) is 18.2 Å². The molecule has 0 bridgehead atoms. The molecule has 0 fully saturated rings. The predicted molar refractivity (Wildman–Crippen MR) is 58.8 cm³/mol. The molecule has 0 heterocycles. The van der Waals surface area contributed by atoms with Crippen molar-refractivity contribution in [3.8, 4) is 0 Å². The van der Waals surface area contributed by atoms with Crippen LogP contribution in [0.25, 0.3) is 0 Å². The summed E-state index contributed by atoms with van der Waals surface area (Å²) in [6.45, 7) is 1.87. The summed E-state index contributed by atoms with van der Waals surface area (Å²) in [6, 6.07) is 8.85. The van der Waals surface area contributed by atoms with E-state index in [9.17, 15) is 9.59 Å². The summed E-state index contributed by atoms with van der Waals surface area (Å²) in [5.74, 6) is 0.0648. The van der Waals surface area contributed by atoms with E-state index in [0.717, 1.165) is 5.69 Å². The van der Waals surface area contributed by atoms with Crippen LogP contribution in [-0.2, 0) is 4.79 Å². The Labute approximate surface area is 88.7 Å². The summed E-state index contributed by atoms with van der Waals surface area (Å²) in [7, 11) is 0. The van der Waals surface area contributed by atoms with Crippen molar-refractivity contribution in [3.05, 3.63) is 30.3 Å². The summed E-state index contributed by atoms with van der Waals surface area (Å²) in [4.78, 5) is 21.9. The van der Waals surface area contributed by atoms with Gasteiger partial charge in [0.05, 0.1) is 0 Å². The molecule has 4 heteroatoms. The van der Waals surface area contributed by atoms with E-state index in [4.69, 9.17) is 0 Å². The lowest BCUT2D eigenvalue weighted by Gasteiger charge is -2.05. The summed E-state index contributed by atoms with van der Waals surface area (Å²) in [6.07, 6.45) is 0.363. The molecule has 4 nitrogen and oxygen atoms in total. The van der Waals surface area contributed by atoms with E-state index in [1.54, 1.807) is 12.1 Å². The van der Waals surface area contributed by atoms with E-state index >= 15 is 0 Å². The largest absolute Gasteiger partial charge is 0.337 e. The molecule has 0 unspecified atom stereocenters. The van der Waals surface area contributed by atoms with Gasteiger partial charge in [0, 0.05) is 18.7 Å². The highest BCUT2D eigenvalue weighted by Gasteiger charge is 2.00. The van der Waals surface area contributed by atoms with E-state index < -0.39 is 0 Å². The van der Waals surface area contributed by atoms with Crippen LogP contribution in [0.5, 0.6) is 0 Å². The molecule has 80 valence electrons. The number of anilines is 1. The number of benzene rings is 1. The zero-order valence-electron chi connectivity index (χ0n) is 8.62. The minimum absolute atomic E-state index is 0.0648. The molecule has 0 aliphatic carbocycles. The third-order valence-corrected chi connectivity index (χ3v) is 1.79. The summed E-state index contributed by atoms with van der Waals surface area (Å²) >= 11 is 0. The van der Waals surface area contributed by atoms with Gasteiger partial charge in [-0.25, -0.2) is 4.79 Å². The summed E-state index contributed by atoms with van der Waals surface area (Å²) in [5, 5.41) is 5.25. The Morgan fingerprint density at radius 3 is 2.47 bits per heavy atom. The van der Waals surface area contributed by atoms with Crippen LogP contribution in [0.1, 0.15) is 13.3 Å². The second-order valence-electron chi connectivity index (χ2n) is 3.20. The Bertz CT molecular complexity index is 336. The van der Waals surface area contributed by atoms with Gasteiger partial charge in [0.2, 0.25) is 0 Å². The second kappa shape index (κ2) is 5.80. The molecule has 1 rings (SSSR count). The molecule has 0 spiro atoms. The molecule has 0 saturated carbocycles. The van der Waals surface area contributed by atoms with Gasteiger partial charge in [0.25, 0.3) is 0 Å². The van der Waals surface area contributed by atoms with Crippen LogP contribution in [-0.4, -0.2) is 18.4 Å². The van der Waals surface area contributed by atoms with Crippen molar-refractivity contribution in [1.82, 2.24) is 5.32 Å². The van der Waals surface area contributed by atoms with Crippen LogP contribution in [0, 0.1) is 0 Å². The highest BCUT2D eigenvalue weighted by molar-refractivity contribution is 5.89. The molecule has 2 amide bonds. The minimum atomic E-state index is -0.289. The lowest BCUT2D eigenvalue weighted by molar-refractivity contribution is -0.116. The third-order valence-electron chi connectivity index (χ3n) is 1.79. The van der Waals surface area contributed by atoms with Crippen molar-refractivity contribution >= 4 is 17.5 Å². The van der Waals surface area contributed by atoms with Crippen LogP contribution in [0.3, 0.4) is 0 Å². The van der Waals surface area contributed by atoms with Crippen molar-refractivity contribution in [2.45, 2.75) is 13.3 Å². The maximum absolute atomic E-state index is 11.3. The quantitative estimate of drug-likeness (QED) is 0.789. The number of ketones is 1. The number of Topliss-reactive ketones (excluding diaryl/α,β-unsaturated/α-hetero) is 1. The number of urea groups is 1. The number of amides is 2. The Morgan fingerprint density at radius 1 is 1.20 bits per heavy atom. The minimum Gasteiger partial charge on any atom is -0.337 e. The van der Waals surface area contributed by atoms with E-state index in [-0.39, 0.29) is 11.8 Å². The first kappa shape index (κ1) is 11.2. The fourth-order valence-corrected chi connectivity index (χ4v) is 1.05. The molecular formula is C11H14N2O2. The number of carbonyl (C=O) groups excluding carboxylic acids is 2. The van der Waals surface area contributed by atoms with Gasteiger partial charge in [-0.05, 0) is 19.1 Å². The standard InChI is InChI=1S/C11H14N2O2/c1-9(14)7-8-12-11(15)13-10-5-3-2-4-6-10/h2-6H,7-8H2,1H3,(H2,12,13,15). The summed E-state index contributed by atoms with van der Waals surface area (Å²) < 4.78 is 0. The molecular weight excluding hydrogens is 192 g/mol. The van der Waals surface area contributed by atoms with Gasteiger partial charge >= 0.3 is 6.03 Å². The normalized spacial score (nSPS) is 9.40. The molecule has 0 radical (unpaired) electrons. The maximum atomic E-state index is 11.3.